The van der Waals surface area contributed by atoms with E-state index in [0.29, 0.717) is 12.4 Å². The van der Waals surface area contributed by atoms with Crippen molar-refractivity contribution in [1.29, 1.82) is 0 Å². The van der Waals surface area contributed by atoms with Gasteiger partial charge in [0.15, 0.2) is 5.96 Å². The molecule has 0 aliphatic rings. The number of hydrogen-bond acceptors (Lipinski definition) is 5. The first kappa shape index (κ1) is 19.4. The van der Waals surface area contributed by atoms with E-state index in [-0.39, 0.29) is 5.41 Å². The van der Waals surface area contributed by atoms with Gasteiger partial charge in [0.1, 0.15) is 12.3 Å². The van der Waals surface area contributed by atoms with Crippen molar-refractivity contribution in [3.63, 3.8) is 0 Å². The third-order valence-corrected chi connectivity index (χ3v) is 4.79. The second kappa shape index (κ2) is 8.47. The van der Waals surface area contributed by atoms with Gasteiger partial charge < -0.3 is 15.1 Å². The van der Waals surface area contributed by atoms with Crippen LogP contribution >= 0.6 is 11.3 Å². The third kappa shape index (κ3) is 5.85. The summed E-state index contributed by atoms with van der Waals surface area (Å²) in [5.41, 5.74) is 1.09. The van der Waals surface area contributed by atoms with E-state index in [9.17, 15) is 0 Å². The maximum Gasteiger partial charge on any atom is 0.216 e. The zero-order chi connectivity index (χ0) is 18.4. The van der Waals surface area contributed by atoms with Crippen LogP contribution in [0.15, 0.2) is 15.6 Å². The van der Waals surface area contributed by atoms with Crippen LogP contribution in [0.1, 0.15) is 54.9 Å². The monoisotopic (exact) mass is 363 g/mol. The van der Waals surface area contributed by atoms with Gasteiger partial charge in [0, 0.05) is 29.8 Å². The molecule has 0 saturated heterocycles. The number of nitrogens with zero attached hydrogens (tertiary/aromatic N) is 3. The second-order valence-electron chi connectivity index (χ2n) is 6.98. The van der Waals surface area contributed by atoms with Crippen molar-refractivity contribution in [3.8, 4) is 0 Å². The van der Waals surface area contributed by atoms with Crippen molar-refractivity contribution in [2.24, 2.45) is 4.99 Å². The van der Waals surface area contributed by atoms with Gasteiger partial charge in [-0.05, 0) is 20.8 Å². The summed E-state index contributed by atoms with van der Waals surface area (Å²) in [7, 11) is 0. The highest BCUT2D eigenvalue weighted by atomic mass is 32.1. The van der Waals surface area contributed by atoms with E-state index < -0.39 is 0 Å². The summed E-state index contributed by atoms with van der Waals surface area (Å²) >= 11 is 1.76. The summed E-state index contributed by atoms with van der Waals surface area (Å²) in [6.07, 6.45) is 2.73. The van der Waals surface area contributed by atoms with Crippen LogP contribution in [-0.4, -0.2) is 29.0 Å². The number of hydrogen-bond donors (Lipinski definition) is 2. The number of aliphatic imine (C=N–C) groups is 1. The van der Waals surface area contributed by atoms with Gasteiger partial charge in [-0.2, -0.15) is 0 Å². The van der Waals surface area contributed by atoms with Crippen molar-refractivity contribution < 1.29 is 4.42 Å². The maximum absolute atomic E-state index is 5.79. The summed E-state index contributed by atoms with van der Waals surface area (Å²) in [6, 6.07) is 0. The molecule has 0 radical (unpaired) electrons. The zero-order valence-electron chi connectivity index (χ0n) is 16.1. The number of guanidine groups is 1. The Morgan fingerprint density at radius 1 is 1.28 bits per heavy atom. The van der Waals surface area contributed by atoms with E-state index in [1.54, 1.807) is 17.5 Å². The summed E-state index contributed by atoms with van der Waals surface area (Å²) in [5, 5.41) is 7.73. The van der Waals surface area contributed by atoms with Crippen LogP contribution in [0, 0.1) is 13.8 Å². The van der Waals surface area contributed by atoms with Gasteiger partial charge >= 0.3 is 0 Å². The van der Waals surface area contributed by atoms with Crippen molar-refractivity contribution in [2.75, 3.05) is 13.1 Å². The minimum absolute atomic E-state index is 0.0392. The minimum atomic E-state index is -0.0392. The lowest BCUT2D eigenvalue weighted by atomic mass is 9.94. The SMILES string of the molecule is CCNC(=NCc1ncc(C(C)(C)C)o1)NCCc1sc(C)nc1C. The molecular formula is C18H29N5OS. The maximum atomic E-state index is 5.79. The van der Waals surface area contributed by atoms with Gasteiger partial charge in [0.2, 0.25) is 5.89 Å². The quantitative estimate of drug-likeness (QED) is 0.608. The van der Waals surface area contributed by atoms with Gasteiger partial charge in [-0.3, -0.25) is 0 Å². The molecular weight excluding hydrogens is 334 g/mol. The van der Waals surface area contributed by atoms with Gasteiger partial charge in [0.25, 0.3) is 0 Å². The first-order valence-electron chi connectivity index (χ1n) is 8.70. The van der Waals surface area contributed by atoms with Crippen LogP contribution in [0.5, 0.6) is 0 Å². The molecule has 2 heterocycles. The van der Waals surface area contributed by atoms with E-state index in [1.165, 1.54) is 4.88 Å². The molecule has 0 aromatic carbocycles. The predicted octanol–water partition coefficient (Wildman–Crippen LogP) is 3.34. The number of nitrogens with one attached hydrogen (secondary N) is 2. The molecule has 6 nitrogen and oxygen atoms in total. The number of thiazole rings is 1. The number of rotatable bonds is 6. The molecule has 0 saturated carbocycles. The van der Waals surface area contributed by atoms with Crippen molar-refractivity contribution in [3.05, 3.63) is 33.4 Å². The Kier molecular flexibility index (Phi) is 6.58. The molecule has 0 fully saturated rings. The van der Waals surface area contributed by atoms with Gasteiger partial charge in [-0.25, -0.2) is 15.0 Å². The first-order chi connectivity index (χ1) is 11.8. The zero-order valence-corrected chi connectivity index (χ0v) is 16.9. The third-order valence-electron chi connectivity index (χ3n) is 3.65. The lowest BCUT2D eigenvalue weighted by Crippen LogP contribution is -2.38. The van der Waals surface area contributed by atoms with Crippen molar-refractivity contribution in [1.82, 2.24) is 20.6 Å². The summed E-state index contributed by atoms with van der Waals surface area (Å²) < 4.78 is 5.79. The fourth-order valence-corrected chi connectivity index (χ4v) is 3.26. The number of aryl methyl sites for hydroxylation is 2. The van der Waals surface area contributed by atoms with Crippen LogP contribution < -0.4 is 10.6 Å². The average molecular weight is 364 g/mol. The molecule has 2 aromatic heterocycles. The minimum Gasteiger partial charge on any atom is -0.443 e. The van der Waals surface area contributed by atoms with Gasteiger partial charge in [0.05, 0.1) is 16.9 Å². The molecule has 7 heteroatoms. The molecule has 0 bridgehead atoms. The van der Waals surface area contributed by atoms with E-state index in [0.717, 1.165) is 41.9 Å². The highest BCUT2D eigenvalue weighted by Gasteiger charge is 2.19. The molecule has 0 atom stereocenters. The molecule has 0 amide bonds. The smallest absolute Gasteiger partial charge is 0.216 e. The van der Waals surface area contributed by atoms with Crippen LogP contribution in [-0.2, 0) is 18.4 Å². The molecule has 2 N–H and O–H groups in total. The first-order valence-corrected chi connectivity index (χ1v) is 9.51. The van der Waals surface area contributed by atoms with E-state index in [2.05, 4.69) is 60.2 Å². The Balaban J connectivity index is 1.91. The van der Waals surface area contributed by atoms with E-state index >= 15 is 0 Å². The summed E-state index contributed by atoms with van der Waals surface area (Å²) in [6.45, 7) is 14.5. The highest BCUT2D eigenvalue weighted by molar-refractivity contribution is 7.11. The Morgan fingerprint density at radius 2 is 2.04 bits per heavy atom. The van der Waals surface area contributed by atoms with Gasteiger partial charge in [-0.15, -0.1) is 11.3 Å². The van der Waals surface area contributed by atoms with Crippen molar-refractivity contribution >= 4 is 17.3 Å². The summed E-state index contributed by atoms with van der Waals surface area (Å²) in [5.74, 6) is 2.29. The van der Waals surface area contributed by atoms with Crippen LogP contribution in [0.2, 0.25) is 0 Å². The van der Waals surface area contributed by atoms with Crippen LogP contribution in [0.4, 0.5) is 0 Å². The lowest BCUT2D eigenvalue weighted by Gasteiger charge is -2.13. The van der Waals surface area contributed by atoms with Crippen LogP contribution in [0.3, 0.4) is 0 Å². The fraction of sp³-hybridized carbons (Fsp3) is 0.611. The molecule has 0 unspecified atom stereocenters. The standard InChI is InChI=1S/C18H29N5OS/c1-7-19-17(20-9-8-14-12(2)23-13(3)25-14)22-11-16-21-10-15(24-16)18(4,5)6/h10H,7-9,11H2,1-6H3,(H2,19,20,22). The highest BCUT2D eigenvalue weighted by Crippen LogP contribution is 2.22. The van der Waals surface area contributed by atoms with Crippen LogP contribution in [0.25, 0.3) is 0 Å². The molecule has 0 aliphatic carbocycles. The Hall–Kier alpha value is -1.89. The van der Waals surface area contributed by atoms with Crippen molar-refractivity contribution in [2.45, 2.75) is 59.9 Å². The molecule has 0 spiro atoms. The summed E-state index contributed by atoms with van der Waals surface area (Å²) in [4.78, 5) is 14.7. The lowest BCUT2D eigenvalue weighted by molar-refractivity contribution is 0.383. The Labute approximate surface area is 154 Å². The molecule has 25 heavy (non-hydrogen) atoms. The molecule has 0 aliphatic heterocycles. The average Bonchev–Trinajstić information content (AvgIpc) is 3.11. The van der Waals surface area contributed by atoms with E-state index in [1.807, 2.05) is 6.92 Å². The molecule has 138 valence electrons. The topological polar surface area (TPSA) is 75.3 Å². The number of aromatic nitrogens is 2. The largest absolute Gasteiger partial charge is 0.443 e. The Bertz CT molecular complexity index is 711. The second-order valence-corrected chi connectivity index (χ2v) is 8.27. The molecule has 2 rings (SSSR count). The fourth-order valence-electron chi connectivity index (χ4n) is 2.32. The van der Waals surface area contributed by atoms with E-state index in [4.69, 9.17) is 4.42 Å². The predicted molar refractivity (Wildman–Crippen MR) is 103 cm³/mol. The number of oxazole rings is 1. The molecule has 2 aromatic rings. The normalized spacial score (nSPS) is 12.5. The Morgan fingerprint density at radius 3 is 2.60 bits per heavy atom. The van der Waals surface area contributed by atoms with Gasteiger partial charge in [-0.1, -0.05) is 20.8 Å².